The zero-order valence-corrected chi connectivity index (χ0v) is 14.6. The van der Waals surface area contributed by atoms with E-state index < -0.39 is 5.91 Å². The van der Waals surface area contributed by atoms with Gasteiger partial charge in [0.1, 0.15) is 0 Å². The zero-order chi connectivity index (χ0) is 17.9. The van der Waals surface area contributed by atoms with Crippen LogP contribution in [-0.2, 0) is 6.42 Å². The molecule has 7 heteroatoms. The fourth-order valence-electron chi connectivity index (χ4n) is 2.20. The minimum absolute atomic E-state index is 0.0165. The molecule has 0 aliphatic rings. The highest BCUT2D eigenvalue weighted by Crippen LogP contribution is 2.25. The average molecular weight is 347 g/mol. The van der Waals surface area contributed by atoms with Crippen LogP contribution in [0.5, 0.6) is 0 Å². The molecule has 0 aliphatic carbocycles. The van der Waals surface area contributed by atoms with Crippen molar-refractivity contribution in [3.8, 4) is 0 Å². The van der Waals surface area contributed by atoms with Crippen molar-refractivity contribution < 1.29 is 9.59 Å². The van der Waals surface area contributed by atoms with Gasteiger partial charge < -0.3 is 11.1 Å². The quantitative estimate of drug-likeness (QED) is 0.781. The van der Waals surface area contributed by atoms with E-state index in [1.165, 1.54) is 0 Å². The van der Waals surface area contributed by atoms with Gasteiger partial charge in [-0.05, 0) is 25.0 Å². The minimum Gasteiger partial charge on any atom is -0.364 e. The van der Waals surface area contributed by atoms with Crippen LogP contribution in [0, 0.1) is 6.92 Å². The molecule has 0 radical (unpaired) electrons. The molecule has 0 spiro atoms. The molecule has 0 fully saturated rings. The van der Waals surface area contributed by atoms with Gasteiger partial charge in [-0.15, -0.1) is 0 Å². The van der Waals surface area contributed by atoms with E-state index in [0.717, 1.165) is 5.56 Å². The smallest absolute Gasteiger partial charge is 0.271 e. The number of nitrogens with one attached hydrogen (secondary N) is 1. The number of nitrogens with zero attached hydrogens (tertiary/aromatic N) is 2. The first-order valence-electron chi connectivity index (χ1n) is 7.64. The van der Waals surface area contributed by atoms with E-state index in [9.17, 15) is 9.59 Å². The first kappa shape index (κ1) is 17.9. The molecule has 6 nitrogen and oxygen atoms in total. The fraction of sp³-hybridized carbons (Fsp3) is 0.294. The number of ketones is 1. The van der Waals surface area contributed by atoms with Crippen LogP contribution >= 0.6 is 11.6 Å². The molecule has 1 aromatic carbocycles. The standard InChI is InChI=1S/C17H19ClN4O2/c1-4-11-15(18)22-17(14(20-11)16(19)24)21-12-8-10(13(23)5-2)7-6-9(12)3/h6-8H,4-5H2,1-3H3,(H2,19,24)(H,21,22). The summed E-state index contributed by atoms with van der Waals surface area (Å²) in [6, 6.07) is 5.31. The van der Waals surface area contributed by atoms with Gasteiger partial charge in [-0.3, -0.25) is 9.59 Å². The molecule has 0 aliphatic heterocycles. The summed E-state index contributed by atoms with van der Waals surface area (Å²) >= 11 is 6.10. The van der Waals surface area contributed by atoms with E-state index in [-0.39, 0.29) is 22.4 Å². The van der Waals surface area contributed by atoms with Gasteiger partial charge in [0.05, 0.1) is 5.69 Å². The Balaban J connectivity index is 2.49. The van der Waals surface area contributed by atoms with Gasteiger partial charge >= 0.3 is 0 Å². The predicted molar refractivity (Wildman–Crippen MR) is 94.0 cm³/mol. The second kappa shape index (κ2) is 7.40. The van der Waals surface area contributed by atoms with Crippen LogP contribution in [0.4, 0.5) is 11.5 Å². The van der Waals surface area contributed by atoms with Crippen molar-refractivity contribution in [2.75, 3.05) is 5.32 Å². The Morgan fingerprint density at radius 1 is 1.25 bits per heavy atom. The van der Waals surface area contributed by atoms with Gasteiger partial charge in [0, 0.05) is 17.7 Å². The van der Waals surface area contributed by atoms with Gasteiger partial charge in [-0.25, -0.2) is 9.97 Å². The van der Waals surface area contributed by atoms with Crippen molar-refractivity contribution >= 4 is 34.8 Å². The van der Waals surface area contributed by atoms with Gasteiger partial charge in [0.2, 0.25) is 0 Å². The van der Waals surface area contributed by atoms with E-state index in [4.69, 9.17) is 17.3 Å². The monoisotopic (exact) mass is 346 g/mol. The number of carbonyl (C=O) groups is 2. The third-order valence-electron chi connectivity index (χ3n) is 3.62. The molecule has 1 amide bonds. The summed E-state index contributed by atoms with van der Waals surface area (Å²) in [5.74, 6) is -0.498. The van der Waals surface area contributed by atoms with Crippen molar-refractivity contribution in [2.45, 2.75) is 33.6 Å². The molecule has 0 saturated heterocycles. The van der Waals surface area contributed by atoms with E-state index in [0.29, 0.717) is 29.8 Å². The number of aromatic nitrogens is 2. The average Bonchev–Trinajstić information content (AvgIpc) is 2.56. The number of nitrogens with two attached hydrogens (primary N) is 1. The molecule has 0 unspecified atom stereocenters. The highest BCUT2D eigenvalue weighted by molar-refractivity contribution is 6.30. The maximum absolute atomic E-state index is 11.9. The van der Waals surface area contributed by atoms with Gasteiger partial charge in [-0.2, -0.15) is 0 Å². The lowest BCUT2D eigenvalue weighted by atomic mass is 10.1. The van der Waals surface area contributed by atoms with Crippen molar-refractivity contribution in [3.05, 3.63) is 45.9 Å². The Hall–Kier alpha value is -2.47. The molecule has 1 aromatic heterocycles. The summed E-state index contributed by atoms with van der Waals surface area (Å²) in [6.07, 6.45) is 0.942. The molecular weight excluding hydrogens is 328 g/mol. The Morgan fingerprint density at radius 2 is 1.96 bits per heavy atom. The van der Waals surface area contributed by atoms with E-state index in [2.05, 4.69) is 15.3 Å². The van der Waals surface area contributed by atoms with Crippen LogP contribution in [0.25, 0.3) is 0 Å². The van der Waals surface area contributed by atoms with Gasteiger partial charge in [-0.1, -0.05) is 37.6 Å². The SMILES string of the molecule is CCC(=O)c1ccc(C)c(Nc2nc(Cl)c(CC)nc2C(N)=O)c1. The summed E-state index contributed by atoms with van der Waals surface area (Å²) in [5, 5.41) is 3.23. The lowest BCUT2D eigenvalue weighted by Gasteiger charge is -2.13. The number of benzene rings is 1. The number of halogens is 1. The summed E-state index contributed by atoms with van der Waals surface area (Å²) in [6.45, 7) is 5.54. The number of aryl methyl sites for hydroxylation is 2. The van der Waals surface area contributed by atoms with Crippen LogP contribution in [0.3, 0.4) is 0 Å². The number of primary amides is 1. The van der Waals surface area contributed by atoms with E-state index in [1.54, 1.807) is 19.1 Å². The van der Waals surface area contributed by atoms with Crippen LogP contribution in [-0.4, -0.2) is 21.7 Å². The Kier molecular flexibility index (Phi) is 5.51. The highest BCUT2D eigenvalue weighted by atomic mass is 35.5. The number of rotatable bonds is 6. The highest BCUT2D eigenvalue weighted by Gasteiger charge is 2.17. The number of amides is 1. The molecule has 3 N–H and O–H groups in total. The molecular formula is C17H19ClN4O2. The van der Waals surface area contributed by atoms with Crippen LogP contribution in [0.2, 0.25) is 5.15 Å². The zero-order valence-electron chi connectivity index (χ0n) is 13.8. The summed E-state index contributed by atoms with van der Waals surface area (Å²) in [4.78, 5) is 32.0. The topological polar surface area (TPSA) is 98.0 Å². The van der Waals surface area contributed by atoms with Crippen molar-refractivity contribution in [2.24, 2.45) is 5.73 Å². The van der Waals surface area contributed by atoms with Crippen LogP contribution in [0.15, 0.2) is 18.2 Å². The first-order valence-corrected chi connectivity index (χ1v) is 8.02. The molecule has 2 aromatic rings. The summed E-state index contributed by atoms with van der Waals surface area (Å²) in [7, 11) is 0. The summed E-state index contributed by atoms with van der Waals surface area (Å²) in [5.41, 5.74) is 8.03. The Labute approximate surface area is 145 Å². The predicted octanol–water partition coefficient (Wildman–Crippen LogP) is 3.44. The third-order valence-corrected chi connectivity index (χ3v) is 3.92. The second-order valence-electron chi connectivity index (χ2n) is 5.31. The normalized spacial score (nSPS) is 10.5. The number of Topliss-reactive ketones (excluding diaryl/α,β-unsaturated/α-hetero) is 1. The van der Waals surface area contributed by atoms with Crippen molar-refractivity contribution in [3.63, 3.8) is 0 Å². The number of hydrogen-bond donors (Lipinski definition) is 2. The Morgan fingerprint density at radius 3 is 2.54 bits per heavy atom. The van der Waals surface area contributed by atoms with E-state index >= 15 is 0 Å². The lowest BCUT2D eigenvalue weighted by Crippen LogP contribution is -2.18. The number of anilines is 2. The molecule has 24 heavy (non-hydrogen) atoms. The number of hydrogen-bond acceptors (Lipinski definition) is 5. The van der Waals surface area contributed by atoms with Gasteiger partial charge in [0.15, 0.2) is 22.4 Å². The first-order chi connectivity index (χ1) is 11.4. The molecule has 126 valence electrons. The van der Waals surface area contributed by atoms with Gasteiger partial charge in [0.25, 0.3) is 5.91 Å². The van der Waals surface area contributed by atoms with Crippen molar-refractivity contribution in [1.29, 1.82) is 0 Å². The molecule has 0 saturated carbocycles. The summed E-state index contributed by atoms with van der Waals surface area (Å²) < 4.78 is 0. The van der Waals surface area contributed by atoms with Crippen LogP contribution in [0.1, 0.15) is 52.4 Å². The lowest BCUT2D eigenvalue weighted by molar-refractivity contribution is 0.0983. The largest absolute Gasteiger partial charge is 0.364 e. The minimum atomic E-state index is -0.699. The van der Waals surface area contributed by atoms with E-state index in [1.807, 2.05) is 19.9 Å². The van der Waals surface area contributed by atoms with Crippen molar-refractivity contribution in [1.82, 2.24) is 9.97 Å². The molecule has 0 atom stereocenters. The third kappa shape index (κ3) is 3.71. The van der Waals surface area contributed by atoms with Crippen LogP contribution < -0.4 is 11.1 Å². The second-order valence-corrected chi connectivity index (χ2v) is 5.67. The molecule has 1 heterocycles. The maximum atomic E-state index is 11.9. The molecule has 0 bridgehead atoms. The molecule has 2 rings (SSSR count). The number of carbonyl (C=O) groups excluding carboxylic acids is 2. The fourth-order valence-corrected chi connectivity index (χ4v) is 2.46. The Bertz CT molecular complexity index is 805. The maximum Gasteiger partial charge on any atom is 0.271 e.